The van der Waals surface area contributed by atoms with Gasteiger partial charge in [-0.3, -0.25) is 9.59 Å². The molecule has 0 aliphatic carbocycles. The fourth-order valence-electron chi connectivity index (χ4n) is 2.92. The number of nitrogens with one attached hydrogen (secondary N) is 2. The molecule has 3 rings (SSSR count). The summed E-state index contributed by atoms with van der Waals surface area (Å²) in [6.07, 6.45) is 3.54. The number of methoxy groups -OCH3 is 2. The first-order chi connectivity index (χ1) is 15.5. The van der Waals surface area contributed by atoms with Gasteiger partial charge in [0.1, 0.15) is 17.2 Å². The summed E-state index contributed by atoms with van der Waals surface area (Å²) in [4.78, 5) is 27.0. The summed E-state index contributed by atoms with van der Waals surface area (Å²) in [5.41, 5.74) is 1.71. The van der Waals surface area contributed by atoms with Crippen molar-refractivity contribution in [2.45, 2.75) is 4.90 Å². The zero-order chi connectivity index (χ0) is 22.9. The van der Waals surface area contributed by atoms with Gasteiger partial charge in [-0.1, -0.05) is 18.2 Å². The molecule has 0 saturated carbocycles. The maximum absolute atomic E-state index is 13.1. The van der Waals surface area contributed by atoms with E-state index in [1.807, 2.05) is 36.6 Å². The number of carbonyl (C=O) groups is 2. The Labute approximate surface area is 191 Å². The Morgan fingerprint density at radius 1 is 0.906 bits per heavy atom. The molecule has 32 heavy (non-hydrogen) atoms. The van der Waals surface area contributed by atoms with Gasteiger partial charge in [0.05, 0.1) is 14.2 Å². The number of thioether (sulfide) groups is 1. The van der Waals surface area contributed by atoms with Gasteiger partial charge in [-0.2, -0.15) is 0 Å². The number of anilines is 1. The molecule has 3 aromatic rings. The lowest BCUT2D eigenvalue weighted by molar-refractivity contribution is -0.113. The minimum absolute atomic E-state index is 0.0688. The first kappa shape index (κ1) is 23.0. The maximum Gasteiger partial charge on any atom is 0.272 e. The second-order valence-corrected chi connectivity index (χ2v) is 7.55. The topological polar surface area (TPSA) is 76.7 Å². The van der Waals surface area contributed by atoms with Crippen LogP contribution < -0.4 is 20.1 Å². The van der Waals surface area contributed by atoms with Crippen LogP contribution in [0.4, 0.5) is 5.69 Å². The number of rotatable bonds is 8. The molecule has 0 aliphatic heterocycles. The fraction of sp³-hybridized carbons (Fsp3) is 0.120. The van der Waals surface area contributed by atoms with Crippen molar-refractivity contribution in [3.8, 4) is 11.5 Å². The quantitative estimate of drug-likeness (QED) is 0.381. The molecular formula is C25H24N2O4S. The molecule has 0 atom stereocenters. The first-order valence-electron chi connectivity index (χ1n) is 9.79. The molecule has 164 valence electrons. The second kappa shape index (κ2) is 11.1. The Morgan fingerprint density at radius 3 is 2.25 bits per heavy atom. The van der Waals surface area contributed by atoms with Crippen LogP contribution in [0.1, 0.15) is 15.9 Å². The van der Waals surface area contributed by atoms with Crippen LogP contribution in [0.25, 0.3) is 6.08 Å². The minimum atomic E-state index is -0.462. The average Bonchev–Trinajstić information content (AvgIpc) is 2.84. The summed E-state index contributed by atoms with van der Waals surface area (Å²) in [6.45, 7) is 0. The summed E-state index contributed by atoms with van der Waals surface area (Å²) in [5.74, 6) is 0.274. The molecule has 0 radical (unpaired) electrons. The highest BCUT2D eigenvalue weighted by Gasteiger charge is 2.16. The molecular weight excluding hydrogens is 424 g/mol. The largest absolute Gasteiger partial charge is 0.497 e. The van der Waals surface area contributed by atoms with E-state index in [1.165, 1.54) is 7.11 Å². The third-order valence-corrected chi connectivity index (χ3v) is 5.36. The van der Waals surface area contributed by atoms with Gasteiger partial charge in [0.15, 0.2) is 0 Å². The van der Waals surface area contributed by atoms with Gasteiger partial charge in [-0.05, 0) is 66.9 Å². The van der Waals surface area contributed by atoms with Crippen LogP contribution in [-0.4, -0.2) is 32.3 Å². The Hall–Kier alpha value is -3.71. The SMILES string of the molecule is COc1ccc(OC)c(/C=C(\NC(=O)c2ccccc2)C(=O)Nc2ccc(SC)cc2)c1. The number of benzene rings is 3. The van der Waals surface area contributed by atoms with Crippen molar-refractivity contribution in [2.75, 3.05) is 25.8 Å². The van der Waals surface area contributed by atoms with E-state index in [4.69, 9.17) is 9.47 Å². The van der Waals surface area contributed by atoms with E-state index in [2.05, 4.69) is 10.6 Å². The molecule has 0 saturated heterocycles. The van der Waals surface area contributed by atoms with E-state index < -0.39 is 11.8 Å². The molecule has 0 aliphatic rings. The monoisotopic (exact) mass is 448 g/mol. The number of hydrogen-bond acceptors (Lipinski definition) is 5. The number of ether oxygens (including phenoxy) is 2. The molecule has 0 fully saturated rings. The van der Waals surface area contributed by atoms with E-state index in [0.29, 0.717) is 28.3 Å². The predicted molar refractivity (Wildman–Crippen MR) is 128 cm³/mol. The zero-order valence-electron chi connectivity index (χ0n) is 18.0. The molecule has 2 N–H and O–H groups in total. The molecule has 7 heteroatoms. The molecule has 0 unspecified atom stereocenters. The summed E-state index contributed by atoms with van der Waals surface area (Å²) in [5, 5.41) is 5.56. The Balaban J connectivity index is 1.95. The molecule has 0 aromatic heterocycles. The van der Waals surface area contributed by atoms with E-state index in [9.17, 15) is 9.59 Å². The van der Waals surface area contributed by atoms with E-state index in [-0.39, 0.29) is 5.70 Å². The van der Waals surface area contributed by atoms with Crippen LogP contribution >= 0.6 is 11.8 Å². The van der Waals surface area contributed by atoms with Crippen LogP contribution in [-0.2, 0) is 4.79 Å². The summed E-state index contributed by atoms with van der Waals surface area (Å²) in [6, 6.07) is 21.4. The van der Waals surface area contributed by atoms with Gasteiger partial charge in [0.25, 0.3) is 11.8 Å². The maximum atomic E-state index is 13.1. The highest BCUT2D eigenvalue weighted by atomic mass is 32.2. The lowest BCUT2D eigenvalue weighted by Gasteiger charge is -2.13. The van der Waals surface area contributed by atoms with Crippen molar-refractivity contribution in [2.24, 2.45) is 0 Å². The van der Waals surface area contributed by atoms with Crippen LogP contribution in [0, 0.1) is 0 Å². The van der Waals surface area contributed by atoms with Crippen molar-refractivity contribution in [1.29, 1.82) is 0 Å². The number of hydrogen-bond donors (Lipinski definition) is 2. The third kappa shape index (κ3) is 5.92. The van der Waals surface area contributed by atoms with Crippen molar-refractivity contribution in [1.82, 2.24) is 5.32 Å². The van der Waals surface area contributed by atoms with E-state index in [0.717, 1.165) is 4.90 Å². The normalized spacial score (nSPS) is 10.9. The van der Waals surface area contributed by atoms with Crippen LogP contribution in [0.3, 0.4) is 0 Å². The van der Waals surface area contributed by atoms with Gasteiger partial charge in [0.2, 0.25) is 0 Å². The summed E-state index contributed by atoms with van der Waals surface area (Å²) < 4.78 is 10.7. The lowest BCUT2D eigenvalue weighted by atomic mass is 10.1. The molecule has 3 aromatic carbocycles. The highest BCUT2D eigenvalue weighted by Crippen LogP contribution is 2.26. The molecule has 6 nitrogen and oxygen atoms in total. The molecule has 0 heterocycles. The first-order valence-corrected chi connectivity index (χ1v) is 11.0. The van der Waals surface area contributed by atoms with Crippen molar-refractivity contribution in [3.63, 3.8) is 0 Å². The Morgan fingerprint density at radius 2 is 1.62 bits per heavy atom. The summed E-state index contributed by atoms with van der Waals surface area (Å²) >= 11 is 1.61. The van der Waals surface area contributed by atoms with Gasteiger partial charge < -0.3 is 20.1 Å². The van der Waals surface area contributed by atoms with Crippen molar-refractivity contribution < 1.29 is 19.1 Å². The second-order valence-electron chi connectivity index (χ2n) is 6.67. The standard InChI is InChI=1S/C25H24N2O4S/c1-30-20-11-14-23(31-2)18(15-20)16-22(27-24(28)17-7-5-4-6-8-17)25(29)26-19-9-12-21(32-3)13-10-19/h4-16H,1-3H3,(H,26,29)(H,27,28)/b22-16-. The van der Waals surface area contributed by atoms with Crippen LogP contribution in [0.2, 0.25) is 0 Å². The molecule has 2 amide bonds. The highest BCUT2D eigenvalue weighted by molar-refractivity contribution is 7.98. The number of carbonyl (C=O) groups excluding carboxylic acids is 2. The Bertz CT molecular complexity index is 1110. The van der Waals surface area contributed by atoms with Gasteiger partial charge >= 0.3 is 0 Å². The van der Waals surface area contributed by atoms with E-state index in [1.54, 1.807) is 67.4 Å². The zero-order valence-corrected chi connectivity index (χ0v) is 18.9. The van der Waals surface area contributed by atoms with E-state index >= 15 is 0 Å². The smallest absolute Gasteiger partial charge is 0.272 e. The lowest BCUT2D eigenvalue weighted by Crippen LogP contribution is -2.30. The molecule has 0 bridgehead atoms. The van der Waals surface area contributed by atoms with Crippen LogP contribution in [0.15, 0.2) is 83.4 Å². The van der Waals surface area contributed by atoms with Crippen molar-refractivity contribution >= 4 is 35.3 Å². The third-order valence-electron chi connectivity index (χ3n) is 4.61. The van der Waals surface area contributed by atoms with Gasteiger partial charge in [-0.25, -0.2) is 0 Å². The fourth-order valence-corrected chi connectivity index (χ4v) is 3.33. The van der Waals surface area contributed by atoms with Crippen molar-refractivity contribution in [3.05, 3.63) is 89.6 Å². The Kier molecular flexibility index (Phi) is 7.94. The predicted octanol–water partition coefficient (Wildman–Crippen LogP) is 4.84. The number of amides is 2. The van der Waals surface area contributed by atoms with Gasteiger partial charge in [0, 0.05) is 21.7 Å². The average molecular weight is 449 g/mol. The summed E-state index contributed by atoms with van der Waals surface area (Å²) in [7, 11) is 3.09. The van der Waals surface area contributed by atoms with Crippen LogP contribution in [0.5, 0.6) is 11.5 Å². The minimum Gasteiger partial charge on any atom is -0.497 e. The van der Waals surface area contributed by atoms with Gasteiger partial charge in [-0.15, -0.1) is 11.8 Å². The molecule has 0 spiro atoms.